The minimum absolute atomic E-state index is 0.407. The maximum atomic E-state index is 11.2. The molecule has 0 aromatic heterocycles. The predicted molar refractivity (Wildman–Crippen MR) is 65.8 cm³/mol. The summed E-state index contributed by atoms with van der Waals surface area (Å²) in [6.07, 6.45) is -0.879. The smallest absolute Gasteiger partial charge is 0.345 e. The molecule has 0 saturated heterocycles. The maximum absolute atomic E-state index is 11.2. The molecule has 0 spiro atoms. The average Bonchev–Trinajstić information content (AvgIpc) is 2.24. The van der Waals surface area contributed by atoms with Crippen LogP contribution in [0.4, 0.5) is 0 Å². The van der Waals surface area contributed by atoms with E-state index >= 15 is 0 Å². The average molecular weight is 237 g/mol. The van der Waals surface area contributed by atoms with Crippen LogP contribution in [0.25, 0.3) is 0 Å². The van der Waals surface area contributed by atoms with E-state index in [0.29, 0.717) is 12.3 Å². The van der Waals surface area contributed by atoms with Crippen molar-refractivity contribution >= 4 is 5.97 Å². The summed E-state index contributed by atoms with van der Waals surface area (Å²) in [4.78, 5) is 11.2. The Labute approximate surface area is 101 Å². The standard InChI is InChI=1S/C13H19NO3/c1-13(2,3)11(12(15)16)17-10-6-4-5-9(7-10)8-14/h4-7,11H,8,14H2,1-3H3,(H,15,16). The third-order valence-corrected chi connectivity index (χ3v) is 2.40. The summed E-state index contributed by atoms with van der Waals surface area (Å²) in [6, 6.07) is 7.18. The summed E-state index contributed by atoms with van der Waals surface area (Å²) in [6.45, 7) is 5.90. The molecule has 0 radical (unpaired) electrons. The molecule has 1 unspecified atom stereocenters. The predicted octanol–water partition coefficient (Wildman–Crippen LogP) is 2.02. The van der Waals surface area contributed by atoms with Gasteiger partial charge in [0.1, 0.15) is 5.75 Å². The molecule has 0 saturated carbocycles. The second-order valence-electron chi connectivity index (χ2n) is 5.05. The Morgan fingerprint density at radius 1 is 1.47 bits per heavy atom. The molecule has 1 aromatic rings. The van der Waals surface area contributed by atoms with Crippen LogP contribution in [0.3, 0.4) is 0 Å². The highest BCUT2D eigenvalue weighted by atomic mass is 16.5. The van der Waals surface area contributed by atoms with E-state index in [1.54, 1.807) is 18.2 Å². The van der Waals surface area contributed by atoms with E-state index < -0.39 is 17.5 Å². The topological polar surface area (TPSA) is 72.5 Å². The van der Waals surface area contributed by atoms with Crippen molar-refractivity contribution in [3.05, 3.63) is 29.8 Å². The first-order valence-electron chi connectivity index (χ1n) is 5.53. The van der Waals surface area contributed by atoms with Crippen LogP contribution >= 0.6 is 0 Å². The van der Waals surface area contributed by atoms with Crippen molar-refractivity contribution in [2.75, 3.05) is 0 Å². The van der Waals surface area contributed by atoms with Crippen molar-refractivity contribution in [1.29, 1.82) is 0 Å². The minimum atomic E-state index is -0.962. The number of ether oxygens (including phenoxy) is 1. The van der Waals surface area contributed by atoms with E-state index in [9.17, 15) is 4.79 Å². The summed E-state index contributed by atoms with van der Waals surface area (Å²) in [5, 5.41) is 9.15. The number of carbonyl (C=O) groups is 1. The zero-order valence-electron chi connectivity index (χ0n) is 10.4. The third kappa shape index (κ3) is 3.75. The molecule has 0 amide bonds. The van der Waals surface area contributed by atoms with Crippen LogP contribution < -0.4 is 10.5 Å². The monoisotopic (exact) mass is 237 g/mol. The van der Waals surface area contributed by atoms with Crippen LogP contribution in [-0.2, 0) is 11.3 Å². The number of aliphatic carboxylic acids is 1. The summed E-state index contributed by atoms with van der Waals surface area (Å²) in [5.41, 5.74) is 5.97. The second-order valence-corrected chi connectivity index (χ2v) is 5.05. The van der Waals surface area contributed by atoms with E-state index in [2.05, 4.69) is 0 Å². The molecule has 0 fully saturated rings. The van der Waals surface area contributed by atoms with Gasteiger partial charge >= 0.3 is 5.97 Å². The van der Waals surface area contributed by atoms with Gasteiger partial charge in [-0.25, -0.2) is 4.79 Å². The minimum Gasteiger partial charge on any atom is -0.478 e. The Bertz CT molecular complexity index is 396. The Hall–Kier alpha value is -1.55. The molecule has 0 aliphatic rings. The van der Waals surface area contributed by atoms with Crippen molar-refractivity contribution in [3.8, 4) is 5.75 Å². The number of benzene rings is 1. The van der Waals surface area contributed by atoms with E-state index in [-0.39, 0.29) is 0 Å². The third-order valence-electron chi connectivity index (χ3n) is 2.40. The fraction of sp³-hybridized carbons (Fsp3) is 0.462. The van der Waals surface area contributed by atoms with Gasteiger partial charge in [0.05, 0.1) is 0 Å². The van der Waals surface area contributed by atoms with Crippen molar-refractivity contribution in [2.45, 2.75) is 33.4 Å². The molecule has 0 bridgehead atoms. The Morgan fingerprint density at radius 3 is 2.59 bits per heavy atom. The SMILES string of the molecule is CC(C)(C)C(Oc1cccc(CN)c1)C(=O)O. The summed E-state index contributed by atoms with van der Waals surface area (Å²) in [5.74, 6) is -0.425. The van der Waals surface area contributed by atoms with Crippen molar-refractivity contribution < 1.29 is 14.6 Å². The first-order valence-corrected chi connectivity index (χ1v) is 5.53. The lowest BCUT2D eigenvalue weighted by molar-refractivity contribution is -0.150. The largest absolute Gasteiger partial charge is 0.478 e. The number of rotatable bonds is 4. The highest BCUT2D eigenvalue weighted by Crippen LogP contribution is 2.25. The lowest BCUT2D eigenvalue weighted by Crippen LogP contribution is -2.39. The quantitative estimate of drug-likeness (QED) is 0.840. The number of nitrogens with two attached hydrogens (primary N) is 1. The van der Waals surface area contributed by atoms with Crippen molar-refractivity contribution in [2.24, 2.45) is 11.1 Å². The fourth-order valence-electron chi connectivity index (χ4n) is 1.48. The van der Waals surface area contributed by atoms with Gasteiger partial charge in [0.15, 0.2) is 6.10 Å². The van der Waals surface area contributed by atoms with Crippen LogP contribution in [0.2, 0.25) is 0 Å². The molecule has 1 atom stereocenters. The molecule has 0 aliphatic heterocycles. The van der Waals surface area contributed by atoms with Gasteiger partial charge in [0.2, 0.25) is 0 Å². The van der Waals surface area contributed by atoms with Crippen LogP contribution in [-0.4, -0.2) is 17.2 Å². The van der Waals surface area contributed by atoms with Crippen molar-refractivity contribution in [3.63, 3.8) is 0 Å². The number of carboxylic acid groups (broad SMARTS) is 1. The number of carboxylic acids is 1. The van der Waals surface area contributed by atoms with Gasteiger partial charge in [-0.15, -0.1) is 0 Å². The molecule has 1 rings (SSSR count). The second kappa shape index (κ2) is 5.19. The lowest BCUT2D eigenvalue weighted by atomic mass is 9.89. The molecule has 0 heterocycles. The first-order chi connectivity index (χ1) is 7.84. The van der Waals surface area contributed by atoms with E-state index in [4.69, 9.17) is 15.6 Å². The van der Waals surface area contributed by atoms with Crippen molar-refractivity contribution in [1.82, 2.24) is 0 Å². The molecule has 3 N–H and O–H groups in total. The van der Waals surface area contributed by atoms with Gasteiger partial charge in [-0.3, -0.25) is 0 Å². The fourth-order valence-corrected chi connectivity index (χ4v) is 1.48. The van der Waals surface area contributed by atoms with Gasteiger partial charge in [-0.1, -0.05) is 32.9 Å². The highest BCUT2D eigenvalue weighted by molar-refractivity contribution is 5.73. The van der Waals surface area contributed by atoms with Gasteiger partial charge in [-0.2, -0.15) is 0 Å². The zero-order chi connectivity index (χ0) is 13.1. The molecule has 17 heavy (non-hydrogen) atoms. The zero-order valence-corrected chi connectivity index (χ0v) is 10.4. The lowest BCUT2D eigenvalue weighted by Gasteiger charge is -2.27. The Balaban J connectivity index is 2.90. The first kappa shape index (κ1) is 13.5. The van der Waals surface area contributed by atoms with Gasteiger partial charge in [0.25, 0.3) is 0 Å². The number of hydrogen-bond donors (Lipinski definition) is 2. The molecule has 0 aliphatic carbocycles. The van der Waals surface area contributed by atoms with E-state index in [0.717, 1.165) is 5.56 Å². The van der Waals surface area contributed by atoms with Crippen LogP contribution in [0.5, 0.6) is 5.75 Å². The van der Waals surface area contributed by atoms with Crippen LogP contribution in [0.1, 0.15) is 26.3 Å². The van der Waals surface area contributed by atoms with Gasteiger partial charge in [0, 0.05) is 12.0 Å². The van der Waals surface area contributed by atoms with Gasteiger partial charge in [-0.05, 0) is 17.7 Å². The van der Waals surface area contributed by atoms with Gasteiger partial charge < -0.3 is 15.6 Å². The van der Waals surface area contributed by atoms with E-state index in [1.165, 1.54) is 0 Å². The molecule has 94 valence electrons. The molecular weight excluding hydrogens is 218 g/mol. The van der Waals surface area contributed by atoms with Crippen LogP contribution in [0, 0.1) is 5.41 Å². The Morgan fingerprint density at radius 2 is 2.12 bits per heavy atom. The number of hydrogen-bond acceptors (Lipinski definition) is 3. The summed E-state index contributed by atoms with van der Waals surface area (Å²) >= 11 is 0. The highest BCUT2D eigenvalue weighted by Gasteiger charge is 2.33. The molecule has 1 aromatic carbocycles. The Kier molecular flexibility index (Phi) is 4.12. The molecular formula is C13H19NO3. The molecule has 4 nitrogen and oxygen atoms in total. The normalized spacial score (nSPS) is 13.2. The summed E-state index contributed by atoms with van der Waals surface area (Å²) < 4.78 is 5.53. The van der Waals surface area contributed by atoms with Crippen LogP contribution in [0.15, 0.2) is 24.3 Å². The van der Waals surface area contributed by atoms with E-state index in [1.807, 2.05) is 26.8 Å². The molecule has 4 heteroatoms. The maximum Gasteiger partial charge on any atom is 0.345 e. The summed E-state index contributed by atoms with van der Waals surface area (Å²) in [7, 11) is 0.